The summed E-state index contributed by atoms with van der Waals surface area (Å²) in [5.74, 6) is 0.293. The second-order valence-corrected chi connectivity index (χ2v) is 4.40. The van der Waals surface area contributed by atoms with Gasteiger partial charge in [0.15, 0.2) is 0 Å². The maximum absolute atomic E-state index is 4.87. The van der Waals surface area contributed by atoms with Crippen LogP contribution in [-0.4, -0.2) is 12.5 Å². The molecule has 17 heavy (non-hydrogen) atoms. The highest BCUT2D eigenvalue weighted by Crippen LogP contribution is 2.26. The van der Waals surface area contributed by atoms with Crippen LogP contribution in [0.25, 0.3) is 0 Å². The Morgan fingerprint density at radius 3 is 2.65 bits per heavy atom. The summed E-state index contributed by atoms with van der Waals surface area (Å²) >= 11 is 4.87. The minimum atomic E-state index is 0.293. The molecular weight excluding hydrogens is 228 g/mol. The number of allylic oxidation sites excluding steroid dienone is 1. The highest BCUT2D eigenvalue weighted by atomic mass is 32.1. The van der Waals surface area contributed by atoms with Crippen molar-refractivity contribution in [2.24, 2.45) is 0 Å². The van der Waals surface area contributed by atoms with Crippen LogP contribution in [0.1, 0.15) is 29.5 Å². The van der Waals surface area contributed by atoms with Crippen molar-refractivity contribution in [3.8, 4) is 0 Å². The molecule has 0 fully saturated rings. The molecule has 0 aliphatic heterocycles. The van der Waals surface area contributed by atoms with Gasteiger partial charge in [-0.3, -0.25) is 0 Å². The highest BCUT2D eigenvalue weighted by Gasteiger charge is 2.13. The zero-order chi connectivity index (χ0) is 12.8. The van der Waals surface area contributed by atoms with Gasteiger partial charge in [0.25, 0.3) is 0 Å². The third-order valence-electron chi connectivity index (χ3n) is 3.10. The van der Waals surface area contributed by atoms with Gasteiger partial charge in [0.05, 0.1) is 5.49 Å². The lowest BCUT2D eigenvalue weighted by Crippen LogP contribution is -2.18. The Morgan fingerprint density at radius 2 is 2.06 bits per heavy atom. The maximum atomic E-state index is 4.87. The summed E-state index contributed by atoms with van der Waals surface area (Å²) in [4.78, 5) is 0. The van der Waals surface area contributed by atoms with E-state index in [0.29, 0.717) is 5.92 Å². The average molecular weight is 248 g/mol. The summed E-state index contributed by atoms with van der Waals surface area (Å²) in [6, 6.07) is 6.41. The van der Waals surface area contributed by atoms with Gasteiger partial charge in [-0.2, -0.15) is 0 Å². The summed E-state index contributed by atoms with van der Waals surface area (Å²) < 4.78 is 0. The lowest BCUT2D eigenvalue weighted by atomic mass is 9.91. The van der Waals surface area contributed by atoms with E-state index >= 15 is 0 Å². The van der Waals surface area contributed by atoms with Crippen LogP contribution in [0, 0.1) is 13.8 Å². The molecule has 0 spiro atoms. The molecule has 1 rings (SSSR count). The Morgan fingerprint density at radius 1 is 1.35 bits per heavy atom. The molecule has 0 aromatic heterocycles. The minimum Gasteiger partial charge on any atom is -0.393 e. The number of hydrogen-bond acceptors (Lipinski definition) is 2. The summed E-state index contributed by atoms with van der Waals surface area (Å²) in [5.41, 5.74) is 6.62. The number of hydrogen-bond donors (Lipinski definition) is 2. The van der Waals surface area contributed by atoms with Crippen LogP contribution in [0.5, 0.6) is 0 Å². The molecule has 0 unspecified atom stereocenters. The Kier molecular flexibility index (Phi) is 5.16. The van der Waals surface area contributed by atoms with Crippen LogP contribution < -0.4 is 10.6 Å². The number of thiocarbonyl (C=S) groups is 1. The fourth-order valence-electron chi connectivity index (χ4n) is 1.93. The Labute approximate surface area is 109 Å². The summed E-state index contributed by atoms with van der Waals surface area (Å²) in [7, 11) is 1.89. The smallest absolute Gasteiger partial charge is 0.0657 e. The molecule has 0 heterocycles. The Bertz CT molecular complexity index is 424. The average Bonchev–Trinajstić information content (AvgIpc) is 2.31. The molecule has 0 saturated carbocycles. The van der Waals surface area contributed by atoms with Crippen molar-refractivity contribution in [1.82, 2.24) is 10.6 Å². The van der Waals surface area contributed by atoms with Gasteiger partial charge < -0.3 is 10.6 Å². The molecule has 0 radical (unpaired) electrons. The number of aryl methyl sites for hydroxylation is 1. The molecule has 0 amide bonds. The van der Waals surface area contributed by atoms with Gasteiger partial charge in [-0.25, -0.2) is 0 Å². The van der Waals surface area contributed by atoms with E-state index in [9.17, 15) is 0 Å². The van der Waals surface area contributed by atoms with Crippen LogP contribution in [0.4, 0.5) is 0 Å². The second-order valence-electron chi connectivity index (χ2n) is 4.16. The largest absolute Gasteiger partial charge is 0.393 e. The molecule has 1 atom stereocenters. The highest BCUT2D eigenvalue weighted by molar-refractivity contribution is 7.78. The van der Waals surface area contributed by atoms with Gasteiger partial charge in [0, 0.05) is 24.9 Å². The predicted molar refractivity (Wildman–Crippen MR) is 78.3 cm³/mol. The fraction of sp³-hybridized carbons (Fsp3) is 0.357. The summed E-state index contributed by atoms with van der Waals surface area (Å²) in [6.07, 6.45) is 1.95. The third kappa shape index (κ3) is 3.30. The topological polar surface area (TPSA) is 24.1 Å². The number of nitrogens with one attached hydrogen (secondary N) is 2. The van der Waals surface area contributed by atoms with Crippen molar-refractivity contribution < 1.29 is 0 Å². The second kappa shape index (κ2) is 6.40. The molecule has 3 heteroatoms. The van der Waals surface area contributed by atoms with Gasteiger partial charge >= 0.3 is 0 Å². The van der Waals surface area contributed by atoms with Gasteiger partial charge in [-0.1, -0.05) is 37.3 Å². The molecule has 0 aliphatic carbocycles. The van der Waals surface area contributed by atoms with E-state index in [1.807, 2.05) is 13.2 Å². The van der Waals surface area contributed by atoms with Crippen LogP contribution in [0.15, 0.2) is 30.1 Å². The molecule has 92 valence electrons. The molecule has 1 aromatic rings. The SMILES string of the molecule is CN/C=C(\NC=S)[C@@H](C)c1cccc(C)c1C. The van der Waals surface area contributed by atoms with Gasteiger partial charge in [0.2, 0.25) is 0 Å². The van der Waals surface area contributed by atoms with Crippen molar-refractivity contribution in [3.05, 3.63) is 46.8 Å². The van der Waals surface area contributed by atoms with Crippen LogP contribution in [0.3, 0.4) is 0 Å². The first-order valence-corrected chi connectivity index (χ1v) is 6.22. The van der Waals surface area contributed by atoms with E-state index in [-0.39, 0.29) is 0 Å². The predicted octanol–water partition coefficient (Wildman–Crippen LogP) is 3.01. The first-order chi connectivity index (χ1) is 8.11. The van der Waals surface area contributed by atoms with Crippen molar-refractivity contribution in [2.75, 3.05) is 7.05 Å². The van der Waals surface area contributed by atoms with Crippen molar-refractivity contribution in [3.63, 3.8) is 0 Å². The normalized spacial score (nSPS) is 13.1. The van der Waals surface area contributed by atoms with E-state index in [1.54, 1.807) is 5.49 Å². The van der Waals surface area contributed by atoms with Gasteiger partial charge in [-0.15, -0.1) is 0 Å². The molecule has 0 saturated heterocycles. The van der Waals surface area contributed by atoms with E-state index in [4.69, 9.17) is 12.2 Å². The van der Waals surface area contributed by atoms with Gasteiger partial charge in [-0.05, 0) is 30.5 Å². The summed E-state index contributed by atoms with van der Waals surface area (Å²) in [5, 5.41) is 6.16. The standard InChI is InChI=1S/C14H20N2S/c1-10-6-5-7-13(11(10)2)12(3)14(8-15-4)16-9-17/h5-9,12,15H,1-4H3,(H,16,17)/b14-8-/t12-/m0/s1. The monoisotopic (exact) mass is 248 g/mol. The number of benzene rings is 1. The molecule has 2 nitrogen and oxygen atoms in total. The molecular formula is C14H20N2S. The van der Waals surface area contributed by atoms with Crippen molar-refractivity contribution >= 4 is 17.7 Å². The lowest BCUT2D eigenvalue weighted by molar-refractivity contribution is 0.813. The fourth-order valence-corrected chi connectivity index (χ4v) is 2.06. The number of rotatable bonds is 5. The zero-order valence-corrected chi connectivity index (χ0v) is 11.7. The lowest BCUT2D eigenvalue weighted by Gasteiger charge is -2.19. The zero-order valence-electron chi connectivity index (χ0n) is 10.9. The Balaban J connectivity index is 3.09. The van der Waals surface area contributed by atoms with E-state index in [2.05, 4.69) is 49.6 Å². The first kappa shape index (κ1) is 13.7. The van der Waals surface area contributed by atoms with E-state index in [1.165, 1.54) is 16.7 Å². The van der Waals surface area contributed by atoms with Crippen LogP contribution >= 0.6 is 12.2 Å². The van der Waals surface area contributed by atoms with Crippen molar-refractivity contribution in [2.45, 2.75) is 26.7 Å². The third-order valence-corrected chi connectivity index (χ3v) is 3.22. The first-order valence-electron chi connectivity index (χ1n) is 5.75. The van der Waals surface area contributed by atoms with E-state index in [0.717, 1.165) is 5.70 Å². The quantitative estimate of drug-likeness (QED) is 0.783. The van der Waals surface area contributed by atoms with Crippen LogP contribution in [0.2, 0.25) is 0 Å². The van der Waals surface area contributed by atoms with Crippen LogP contribution in [-0.2, 0) is 0 Å². The molecule has 2 N–H and O–H groups in total. The maximum Gasteiger partial charge on any atom is 0.0657 e. The van der Waals surface area contributed by atoms with Crippen molar-refractivity contribution in [1.29, 1.82) is 0 Å². The Hall–Kier alpha value is -1.35. The molecule has 1 aromatic carbocycles. The molecule has 0 aliphatic rings. The molecule has 0 bridgehead atoms. The summed E-state index contributed by atoms with van der Waals surface area (Å²) in [6.45, 7) is 6.48. The van der Waals surface area contributed by atoms with E-state index < -0.39 is 0 Å². The minimum absolute atomic E-state index is 0.293. The van der Waals surface area contributed by atoms with Gasteiger partial charge in [0.1, 0.15) is 0 Å².